The van der Waals surface area contributed by atoms with Crippen molar-refractivity contribution < 1.29 is 4.39 Å². The van der Waals surface area contributed by atoms with Crippen molar-refractivity contribution in [2.75, 3.05) is 5.32 Å². The van der Waals surface area contributed by atoms with E-state index in [9.17, 15) is 4.39 Å². The molecule has 2 aromatic rings. The van der Waals surface area contributed by atoms with Gasteiger partial charge in [0.25, 0.3) is 0 Å². The Hall–Kier alpha value is -1.91. The van der Waals surface area contributed by atoms with Crippen LogP contribution in [0.1, 0.15) is 17.2 Å². The van der Waals surface area contributed by atoms with Crippen LogP contribution in [-0.2, 0) is 13.6 Å². The second kappa shape index (κ2) is 4.53. The van der Waals surface area contributed by atoms with E-state index in [0.29, 0.717) is 6.54 Å². The molecule has 4 nitrogen and oxygen atoms in total. The smallest absolute Gasteiger partial charge is 0.152 e. The standard InChI is InChI=1S/C12H15FN4/c1-8-4-10(13)6-11(5-8)14-7-12-16-15-9(2)17(12)3/h4-6,14H,7H2,1-3H3. The molecule has 90 valence electrons. The molecule has 0 aliphatic carbocycles. The molecule has 0 saturated carbocycles. The monoisotopic (exact) mass is 234 g/mol. The highest BCUT2D eigenvalue weighted by atomic mass is 19.1. The zero-order valence-electron chi connectivity index (χ0n) is 10.2. The lowest BCUT2D eigenvalue weighted by Crippen LogP contribution is -2.07. The Morgan fingerprint density at radius 2 is 2.00 bits per heavy atom. The van der Waals surface area contributed by atoms with E-state index < -0.39 is 0 Å². The number of nitrogens with zero attached hydrogens (tertiary/aromatic N) is 3. The predicted octanol–water partition coefficient (Wildman–Crippen LogP) is 2.18. The largest absolute Gasteiger partial charge is 0.378 e. The molecule has 0 atom stereocenters. The fraction of sp³-hybridized carbons (Fsp3) is 0.333. The third kappa shape index (κ3) is 2.61. The number of aromatic nitrogens is 3. The van der Waals surface area contributed by atoms with Crippen LogP contribution in [0.3, 0.4) is 0 Å². The van der Waals surface area contributed by atoms with Gasteiger partial charge >= 0.3 is 0 Å². The molecule has 1 aromatic carbocycles. The quantitative estimate of drug-likeness (QED) is 0.885. The van der Waals surface area contributed by atoms with E-state index in [1.807, 2.05) is 31.5 Å². The fourth-order valence-electron chi connectivity index (χ4n) is 1.62. The van der Waals surface area contributed by atoms with Crippen LogP contribution in [0.25, 0.3) is 0 Å². The average Bonchev–Trinajstić information content (AvgIpc) is 2.56. The normalized spacial score (nSPS) is 10.6. The van der Waals surface area contributed by atoms with Gasteiger partial charge in [0.15, 0.2) is 5.82 Å². The Bertz CT molecular complexity index is 513. The number of hydrogen-bond acceptors (Lipinski definition) is 3. The lowest BCUT2D eigenvalue weighted by atomic mass is 10.2. The number of anilines is 1. The number of aryl methyl sites for hydroxylation is 2. The Kier molecular flexibility index (Phi) is 3.08. The Balaban J connectivity index is 2.09. The molecule has 0 saturated heterocycles. The van der Waals surface area contributed by atoms with Crippen molar-refractivity contribution in [1.82, 2.24) is 14.8 Å². The van der Waals surface area contributed by atoms with Gasteiger partial charge in [-0.05, 0) is 37.6 Å². The lowest BCUT2D eigenvalue weighted by Gasteiger charge is -2.07. The van der Waals surface area contributed by atoms with Gasteiger partial charge in [0.2, 0.25) is 0 Å². The van der Waals surface area contributed by atoms with Crippen LogP contribution in [0.2, 0.25) is 0 Å². The molecule has 0 radical (unpaired) electrons. The first kappa shape index (κ1) is 11.6. The van der Waals surface area contributed by atoms with Crippen molar-refractivity contribution in [3.8, 4) is 0 Å². The number of halogens is 1. The topological polar surface area (TPSA) is 42.7 Å². The first-order valence-electron chi connectivity index (χ1n) is 5.42. The van der Waals surface area contributed by atoms with E-state index in [1.165, 1.54) is 12.1 Å². The first-order chi connectivity index (χ1) is 8.06. The first-order valence-corrected chi connectivity index (χ1v) is 5.42. The minimum absolute atomic E-state index is 0.235. The Labute approximate surface area is 99.5 Å². The van der Waals surface area contributed by atoms with Crippen molar-refractivity contribution in [2.24, 2.45) is 7.05 Å². The van der Waals surface area contributed by atoms with Crippen LogP contribution < -0.4 is 5.32 Å². The maximum Gasteiger partial charge on any atom is 0.152 e. The highest BCUT2D eigenvalue weighted by molar-refractivity contribution is 5.45. The van der Waals surface area contributed by atoms with Crippen LogP contribution in [0.5, 0.6) is 0 Å². The van der Waals surface area contributed by atoms with E-state index in [0.717, 1.165) is 22.9 Å². The highest BCUT2D eigenvalue weighted by Crippen LogP contribution is 2.14. The maximum atomic E-state index is 13.2. The zero-order valence-corrected chi connectivity index (χ0v) is 10.2. The van der Waals surface area contributed by atoms with Gasteiger partial charge in [0, 0.05) is 12.7 Å². The van der Waals surface area contributed by atoms with Crippen molar-refractivity contribution in [3.05, 3.63) is 41.2 Å². The lowest BCUT2D eigenvalue weighted by molar-refractivity contribution is 0.627. The van der Waals surface area contributed by atoms with Crippen LogP contribution in [-0.4, -0.2) is 14.8 Å². The molecule has 0 amide bonds. The average molecular weight is 234 g/mol. The SMILES string of the molecule is Cc1cc(F)cc(NCc2nnc(C)n2C)c1. The minimum Gasteiger partial charge on any atom is -0.378 e. The summed E-state index contributed by atoms with van der Waals surface area (Å²) in [6.45, 7) is 4.28. The minimum atomic E-state index is -0.235. The Morgan fingerprint density at radius 3 is 2.59 bits per heavy atom. The van der Waals surface area contributed by atoms with Gasteiger partial charge in [-0.2, -0.15) is 0 Å². The highest BCUT2D eigenvalue weighted by Gasteiger charge is 2.04. The molecule has 0 unspecified atom stereocenters. The second-order valence-electron chi connectivity index (χ2n) is 4.09. The summed E-state index contributed by atoms with van der Waals surface area (Å²) in [6, 6.07) is 4.86. The summed E-state index contributed by atoms with van der Waals surface area (Å²) >= 11 is 0. The Morgan fingerprint density at radius 1 is 1.24 bits per heavy atom. The number of benzene rings is 1. The molecule has 1 N–H and O–H groups in total. The molecule has 0 aliphatic rings. The molecule has 0 fully saturated rings. The van der Waals surface area contributed by atoms with Crippen LogP contribution >= 0.6 is 0 Å². The van der Waals surface area contributed by atoms with Crippen molar-refractivity contribution in [1.29, 1.82) is 0 Å². The van der Waals surface area contributed by atoms with Gasteiger partial charge < -0.3 is 9.88 Å². The number of nitrogens with one attached hydrogen (secondary N) is 1. The molecular weight excluding hydrogens is 219 g/mol. The summed E-state index contributed by atoms with van der Waals surface area (Å²) in [5, 5.41) is 11.1. The van der Waals surface area contributed by atoms with Gasteiger partial charge in [-0.15, -0.1) is 10.2 Å². The summed E-state index contributed by atoms with van der Waals surface area (Å²) in [6.07, 6.45) is 0. The molecule has 0 spiro atoms. The van der Waals surface area contributed by atoms with Gasteiger partial charge in [0.1, 0.15) is 11.6 Å². The van der Waals surface area contributed by atoms with Crippen molar-refractivity contribution >= 4 is 5.69 Å². The second-order valence-corrected chi connectivity index (χ2v) is 4.09. The number of rotatable bonds is 3. The van der Waals surface area contributed by atoms with E-state index in [1.54, 1.807) is 0 Å². The summed E-state index contributed by atoms with van der Waals surface area (Å²) in [7, 11) is 1.91. The number of hydrogen-bond donors (Lipinski definition) is 1. The summed E-state index contributed by atoms with van der Waals surface area (Å²) < 4.78 is 15.1. The van der Waals surface area contributed by atoms with E-state index in [-0.39, 0.29) is 5.82 Å². The molecule has 5 heteroatoms. The molecule has 0 aliphatic heterocycles. The molecular formula is C12H15FN4. The molecule has 1 aromatic heterocycles. The van der Waals surface area contributed by atoms with Crippen molar-refractivity contribution in [2.45, 2.75) is 20.4 Å². The summed E-state index contributed by atoms with van der Waals surface area (Å²) in [4.78, 5) is 0. The predicted molar refractivity (Wildman–Crippen MR) is 64.2 cm³/mol. The van der Waals surface area contributed by atoms with Crippen LogP contribution in [0.4, 0.5) is 10.1 Å². The maximum absolute atomic E-state index is 13.2. The van der Waals surface area contributed by atoms with Crippen LogP contribution in [0, 0.1) is 19.7 Å². The van der Waals surface area contributed by atoms with Gasteiger partial charge in [-0.3, -0.25) is 0 Å². The molecule has 0 bridgehead atoms. The zero-order chi connectivity index (χ0) is 12.4. The van der Waals surface area contributed by atoms with Crippen LogP contribution in [0.15, 0.2) is 18.2 Å². The van der Waals surface area contributed by atoms with E-state index in [4.69, 9.17) is 0 Å². The van der Waals surface area contributed by atoms with E-state index in [2.05, 4.69) is 15.5 Å². The molecule has 2 rings (SSSR count). The summed E-state index contributed by atoms with van der Waals surface area (Å²) in [5.41, 5.74) is 1.64. The fourth-order valence-corrected chi connectivity index (χ4v) is 1.62. The van der Waals surface area contributed by atoms with Gasteiger partial charge in [-0.25, -0.2) is 4.39 Å². The third-order valence-corrected chi connectivity index (χ3v) is 2.68. The third-order valence-electron chi connectivity index (χ3n) is 2.68. The van der Waals surface area contributed by atoms with E-state index >= 15 is 0 Å². The van der Waals surface area contributed by atoms with Crippen molar-refractivity contribution in [3.63, 3.8) is 0 Å². The molecule has 17 heavy (non-hydrogen) atoms. The van der Waals surface area contributed by atoms with Gasteiger partial charge in [0.05, 0.1) is 6.54 Å². The molecule has 1 heterocycles. The van der Waals surface area contributed by atoms with Gasteiger partial charge in [-0.1, -0.05) is 0 Å². The summed E-state index contributed by atoms with van der Waals surface area (Å²) in [5.74, 6) is 1.45.